The van der Waals surface area contributed by atoms with Gasteiger partial charge in [-0.15, -0.1) is 0 Å². The molecule has 0 aromatic carbocycles. The molecule has 0 aromatic rings. The molecule has 0 saturated heterocycles. The molecule has 48 valence electrons. The van der Waals surface area contributed by atoms with Crippen LogP contribution in [0, 0.1) is 0 Å². The van der Waals surface area contributed by atoms with Crippen molar-refractivity contribution in [1.82, 2.24) is 0 Å². The molecule has 8 heavy (non-hydrogen) atoms. The summed E-state index contributed by atoms with van der Waals surface area (Å²) in [5.74, 6) is 0. The van der Waals surface area contributed by atoms with Crippen molar-refractivity contribution in [2.24, 2.45) is 0 Å². The van der Waals surface area contributed by atoms with Crippen LogP contribution in [0.15, 0.2) is 0 Å². The van der Waals surface area contributed by atoms with Crippen molar-refractivity contribution in [3.05, 3.63) is 0 Å². The maximum atomic E-state index is 12.1. The van der Waals surface area contributed by atoms with Crippen LogP contribution in [0.1, 0.15) is 13.8 Å². The zero-order valence-electron chi connectivity index (χ0n) is 5.19. The Bertz CT molecular complexity index is 47.3. The van der Waals surface area contributed by atoms with E-state index < -0.39 is 17.5 Å². The zero-order chi connectivity index (χ0) is 6.41. The molecule has 0 amide bonds. The van der Waals surface area contributed by atoms with E-state index in [9.17, 15) is 3.29 Å². The molecule has 0 rings (SSSR count). The summed E-state index contributed by atoms with van der Waals surface area (Å²) in [5.41, 5.74) is 0. The van der Waals surface area contributed by atoms with Gasteiger partial charge in [0.1, 0.15) is 0 Å². The normalized spacial score (nSPS) is 9.38. The molecule has 0 unspecified atom stereocenters. The quantitative estimate of drug-likeness (QED) is 0.599. The van der Waals surface area contributed by atoms with Gasteiger partial charge in [0, 0.05) is 0 Å². The first-order valence-corrected chi connectivity index (χ1v) is 5.57. The molecule has 0 saturated carbocycles. The van der Waals surface area contributed by atoms with E-state index in [4.69, 9.17) is 0 Å². The minimum absolute atomic E-state index is 0.432. The summed E-state index contributed by atoms with van der Waals surface area (Å²) >= 11 is -3.11. The van der Waals surface area contributed by atoms with Crippen LogP contribution >= 0.6 is 0 Å². The van der Waals surface area contributed by atoms with Crippen LogP contribution in [0.4, 0.5) is 3.29 Å². The van der Waals surface area contributed by atoms with Crippen LogP contribution in [0.3, 0.4) is 0 Å². The molecule has 0 atom stereocenters. The molecular weight excluding hydrogens is 169 g/mol. The van der Waals surface area contributed by atoms with Gasteiger partial charge in [0.05, 0.1) is 0 Å². The first-order chi connectivity index (χ1) is 3.81. The predicted octanol–water partition coefficient (Wildman–Crippen LogP) is 1.01. The second-order valence-electron chi connectivity index (χ2n) is 1.19. The molecular formula is C4H10FGaO2. The molecule has 0 radical (unpaired) electrons. The van der Waals surface area contributed by atoms with E-state index in [1.165, 1.54) is 0 Å². The number of halogens is 1. The van der Waals surface area contributed by atoms with Crippen molar-refractivity contribution in [2.45, 2.75) is 13.8 Å². The van der Waals surface area contributed by atoms with Gasteiger partial charge in [-0.3, -0.25) is 0 Å². The average Bonchev–Trinajstić information content (AvgIpc) is 1.68. The Morgan fingerprint density at radius 2 is 1.62 bits per heavy atom. The molecule has 0 spiro atoms. The molecule has 0 N–H and O–H groups in total. The van der Waals surface area contributed by atoms with Crippen LogP contribution in [-0.2, 0) is 7.06 Å². The van der Waals surface area contributed by atoms with Crippen molar-refractivity contribution in [2.75, 3.05) is 13.2 Å². The van der Waals surface area contributed by atoms with Gasteiger partial charge in [0.15, 0.2) is 0 Å². The Morgan fingerprint density at radius 1 is 1.25 bits per heavy atom. The Kier molecular flexibility index (Phi) is 5.96. The van der Waals surface area contributed by atoms with E-state index in [0.29, 0.717) is 13.2 Å². The summed E-state index contributed by atoms with van der Waals surface area (Å²) < 4.78 is 21.3. The van der Waals surface area contributed by atoms with E-state index >= 15 is 0 Å². The fraction of sp³-hybridized carbons (Fsp3) is 1.00. The second-order valence-corrected chi connectivity index (χ2v) is 3.74. The fourth-order valence-corrected chi connectivity index (χ4v) is 1.61. The van der Waals surface area contributed by atoms with Crippen LogP contribution in [0.25, 0.3) is 0 Å². The van der Waals surface area contributed by atoms with Crippen molar-refractivity contribution in [3.8, 4) is 0 Å². The molecule has 0 fully saturated rings. The molecule has 0 aliphatic rings. The van der Waals surface area contributed by atoms with Crippen molar-refractivity contribution in [3.63, 3.8) is 0 Å². The third-order valence-corrected chi connectivity index (χ3v) is 3.09. The predicted molar refractivity (Wildman–Crippen MR) is 30.1 cm³/mol. The van der Waals surface area contributed by atoms with E-state index in [-0.39, 0.29) is 0 Å². The first-order valence-electron chi connectivity index (χ1n) is 2.68. The monoisotopic (exact) mass is 178 g/mol. The topological polar surface area (TPSA) is 18.5 Å². The molecule has 4 heteroatoms. The van der Waals surface area contributed by atoms with Gasteiger partial charge >= 0.3 is 54.9 Å². The van der Waals surface area contributed by atoms with Gasteiger partial charge in [-0.1, -0.05) is 0 Å². The van der Waals surface area contributed by atoms with Gasteiger partial charge in [0.2, 0.25) is 0 Å². The summed E-state index contributed by atoms with van der Waals surface area (Å²) in [6, 6.07) is 0. The second kappa shape index (κ2) is 5.62. The minimum atomic E-state index is -3.11. The number of rotatable bonds is 4. The SMILES string of the molecule is CC[O][Ga]([F])[O]CC. The molecule has 0 aliphatic heterocycles. The Morgan fingerprint density at radius 3 is 1.88 bits per heavy atom. The molecule has 0 bridgehead atoms. The first kappa shape index (κ1) is 8.49. The average molecular weight is 179 g/mol. The van der Waals surface area contributed by atoms with Crippen LogP contribution in [0.5, 0.6) is 0 Å². The van der Waals surface area contributed by atoms with E-state index in [1.54, 1.807) is 13.8 Å². The maximum absolute atomic E-state index is 12.1. The van der Waals surface area contributed by atoms with Crippen LogP contribution in [0.2, 0.25) is 0 Å². The number of hydrogen-bond donors (Lipinski definition) is 0. The molecule has 0 aromatic heterocycles. The molecule has 0 heterocycles. The van der Waals surface area contributed by atoms with Gasteiger partial charge in [-0.2, -0.15) is 0 Å². The summed E-state index contributed by atoms with van der Waals surface area (Å²) in [6.45, 7) is 4.38. The van der Waals surface area contributed by atoms with E-state index in [1.807, 2.05) is 0 Å². The Hall–Kier alpha value is 0.486. The zero-order valence-corrected chi connectivity index (χ0v) is 7.61. The summed E-state index contributed by atoms with van der Waals surface area (Å²) in [7, 11) is 0. The fourth-order valence-electron chi connectivity index (χ4n) is 0.310. The third kappa shape index (κ3) is 4.64. The summed E-state index contributed by atoms with van der Waals surface area (Å²) in [6.07, 6.45) is 0. The van der Waals surface area contributed by atoms with Crippen LogP contribution in [-0.4, -0.2) is 30.7 Å². The number of hydrogen-bond acceptors (Lipinski definition) is 2. The Labute approximate surface area is 55.4 Å². The summed E-state index contributed by atoms with van der Waals surface area (Å²) in [4.78, 5) is 0. The van der Waals surface area contributed by atoms with E-state index in [2.05, 4.69) is 7.06 Å². The van der Waals surface area contributed by atoms with Gasteiger partial charge in [0.25, 0.3) is 0 Å². The van der Waals surface area contributed by atoms with Crippen LogP contribution < -0.4 is 0 Å². The van der Waals surface area contributed by atoms with Gasteiger partial charge in [-0.05, 0) is 0 Å². The third-order valence-electron chi connectivity index (χ3n) is 0.595. The molecule has 2 nitrogen and oxygen atoms in total. The van der Waals surface area contributed by atoms with Crippen molar-refractivity contribution >= 4 is 17.5 Å². The van der Waals surface area contributed by atoms with E-state index in [0.717, 1.165) is 0 Å². The Balaban J connectivity index is 2.92. The van der Waals surface area contributed by atoms with Crippen molar-refractivity contribution < 1.29 is 10.3 Å². The van der Waals surface area contributed by atoms with Gasteiger partial charge < -0.3 is 0 Å². The molecule has 0 aliphatic carbocycles. The van der Waals surface area contributed by atoms with Gasteiger partial charge in [-0.25, -0.2) is 0 Å². The summed E-state index contributed by atoms with van der Waals surface area (Å²) in [5, 5.41) is 0. The standard InChI is InChI=1S/2C2H5O.FH.Ga/c2*1-2-3;;/h2*2H2,1H3;1H;/q2*-1;;+3/p-1. The van der Waals surface area contributed by atoms with Crippen molar-refractivity contribution in [1.29, 1.82) is 0 Å².